The Morgan fingerprint density at radius 3 is 2.62 bits per heavy atom. The molecule has 0 bridgehead atoms. The summed E-state index contributed by atoms with van der Waals surface area (Å²) < 4.78 is 7.35. The smallest absolute Gasteiger partial charge is 0.410 e. The molecule has 1 aromatic carbocycles. The maximum absolute atomic E-state index is 12.5. The monoisotopic (exact) mass is 327 g/mol. The normalized spacial score (nSPS) is 17.5. The molecule has 1 unspecified atom stereocenters. The Kier molecular flexibility index (Phi) is 4.11. The first-order chi connectivity index (χ1) is 11.2. The van der Waals surface area contributed by atoms with Crippen molar-refractivity contribution in [3.63, 3.8) is 0 Å². The number of carbonyl (C=O) groups excluding carboxylic acids is 1. The molecule has 2 aromatic rings. The lowest BCUT2D eigenvalue weighted by Gasteiger charge is -2.36. The van der Waals surface area contributed by atoms with Crippen LogP contribution in [-0.2, 0) is 24.8 Å². The van der Waals surface area contributed by atoms with Crippen molar-refractivity contribution < 1.29 is 9.53 Å². The molecule has 1 amide bonds. The van der Waals surface area contributed by atoms with Crippen molar-refractivity contribution in [2.24, 2.45) is 7.05 Å². The van der Waals surface area contributed by atoms with E-state index in [-0.39, 0.29) is 12.1 Å². The zero-order valence-corrected chi connectivity index (χ0v) is 15.0. The molecule has 2 heterocycles. The van der Waals surface area contributed by atoms with E-state index in [9.17, 15) is 4.79 Å². The van der Waals surface area contributed by atoms with E-state index >= 15 is 0 Å². The molecule has 1 aliphatic rings. The van der Waals surface area contributed by atoms with Crippen LogP contribution in [0.1, 0.15) is 38.8 Å². The highest BCUT2D eigenvalue weighted by molar-refractivity contribution is 5.70. The highest BCUT2D eigenvalue weighted by Crippen LogP contribution is 2.29. The SMILES string of the molecule is CC1Cc2ccc(-c3cnn(C)c3)cc2CN1C(=O)OC(C)(C)C. The molecular weight excluding hydrogens is 302 g/mol. The van der Waals surface area contributed by atoms with Gasteiger partial charge in [0.05, 0.1) is 6.20 Å². The first-order valence-electron chi connectivity index (χ1n) is 8.33. The number of ether oxygens (including phenoxy) is 1. The van der Waals surface area contributed by atoms with E-state index in [4.69, 9.17) is 4.74 Å². The number of hydrogen-bond acceptors (Lipinski definition) is 3. The van der Waals surface area contributed by atoms with Gasteiger partial charge in [-0.05, 0) is 56.9 Å². The molecular formula is C19H25N3O2. The van der Waals surface area contributed by atoms with Gasteiger partial charge in [-0.15, -0.1) is 0 Å². The Balaban J connectivity index is 1.86. The lowest BCUT2D eigenvalue weighted by Crippen LogP contribution is -2.45. The number of amides is 1. The molecule has 5 nitrogen and oxygen atoms in total. The zero-order chi connectivity index (χ0) is 17.5. The van der Waals surface area contributed by atoms with Crippen LogP contribution in [0.3, 0.4) is 0 Å². The summed E-state index contributed by atoms with van der Waals surface area (Å²) in [5.41, 5.74) is 4.22. The lowest BCUT2D eigenvalue weighted by atomic mass is 9.92. The third-order valence-electron chi connectivity index (χ3n) is 4.26. The molecule has 24 heavy (non-hydrogen) atoms. The molecule has 0 aliphatic carbocycles. The van der Waals surface area contributed by atoms with Gasteiger partial charge in [0, 0.05) is 31.4 Å². The predicted octanol–water partition coefficient (Wildman–Crippen LogP) is 3.77. The quantitative estimate of drug-likeness (QED) is 0.801. The molecule has 0 spiro atoms. The fourth-order valence-electron chi connectivity index (χ4n) is 3.05. The van der Waals surface area contributed by atoms with Gasteiger partial charge in [-0.2, -0.15) is 5.10 Å². The molecule has 0 saturated heterocycles. The van der Waals surface area contributed by atoms with Crippen LogP contribution in [0.15, 0.2) is 30.6 Å². The average molecular weight is 327 g/mol. The highest BCUT2D eigenvalue weighted by atomic mass is 16.6. The topological polar surface area (TPSA) is 47.4 Å². The Labute approximate surface area is 143 Å². The Morgan fingerprint density at radius 2 is 2.00 bits per heavy atom. The summed E-state index contributed by atoms with van der Waals surface area (Å²) in [5.74, 6) is 0. The first-order valence-corrected chi connectivity index (χ1v) is 8.33. The largest absolute Gasteiger partial charge is 0.444 e. The predicted molar refractivity (Wildman–Crippen MR) is 93.6 cm³/mol. The number of fused-ring (bicyclic) bond motifs is 1. The van der Waals surface area contributed by atoms with Gasteiger partial charge in [-0.3, -0.25) is 4.68 Å². The summed E-state index contributed by atoms with van der Waals surface area (Å²) >= 11 is 0. The van der Waals surface area contributed by atoms with Crippen LogP contribution in [0.5, 0.6) is 0 Å². The minimum Gasteiger partial charge on any atom is -0.444 e. The van der Waals surface area contributed by atoms with Crippen LogP contribution in [0, 0.1) is 0 Å². The van der Waals surface area contributed by atoms with Crippen molar-refractivity contribution in [1.82, 2.24) is 14.7 Å². The Morgan fingerprint density at radius 1 is 1.25 bits per heavy atom. The molecule has 0 radical (unpaired) electrons. The van der Waals surface area contributed by atoms with Crippen molar-refractivity contribution in [3.05, 3.63) is 41.7 Å². The van der Waals surface area contributed by atoms with E-state index in [2.05, 4.69) is 30.2 Å². The van der Waals surface area contributed by atoms with Gasteiger partial charge in [0.15, 0.2) is 0 Å². The number of benzene rings is 1. The highest BCUT2D eigenvalue weighted by Gasteiger charge is 2.30. The van der Waals surface area contributed by atoms with Crippen molar-refractivity contribution >= 4 is 6.09 Å². The summed E-state index contributed by atoms with van der Waals surface area (Å²) in [4.78, 5) is 14.3. The maximum Gasteiger partial charge on any atom is 0.410 e. The molecule has 0 saturated carbocycles. The van der Waals surface area contributed by atoms with Crippen LogP contribution in [0.2, 0.25) is 0 Å². The van der Waals surface area contributed by atoms with Crippen molar-refractivity contribution in [3.8, 4) is 11.1 Å². The molecule has 0 fully saturated rings. The van der Waals surface area contributed by atoms with Crippen molar-refractivity contribution in [2.45, 2.75) is 52.3 Å². The number of nitrogens with zero attached hydrogens (tertiary/aromatic N) is 3. The summed E-state index contributed by atoms with van der Waals surface area (Å²) in [6.07, 6.45) is 4.46. The third-order valence-corrected chi connectivity index (χ3v) is 4.26. The molecule has 0 N–H and O–H groups in total. The van der Waals surface area contributed by atoms with Gasteiger partial charge >= 0.3 is 6.09 Å². The van der Waals surface area contributed by atoms with Gasteiger partial charge in [0.25, 0.3) is 0 Å². The fraction of sp³-hybridized carbons (Fsp3) is 0.474. The number of hydrogen-bond donors (Lipinski definition) is 0. The van der Waals surface area contributed by atoms with Gasteiger partial charge in [0.1, 0.15) is 5.60 Å². The Hall–Kier alpha value is -2.30. The minimum absolute atomic E-state index is 0.136. The van der Waals surface area contributed by atoms with E-state index in [1.54, 1.807) is 4.68 Å². The van der Waals surface area contributed by atoms with Crippen LogP contribution in [0.4, 0.5) is 4.79 Å². The second kappa shape index (κ2) is 5.96. The molecule has 1 aliphatic heterocycles. The van der Waals surface area contributed by atoms with Crippen molar-refractivity contribution in [1.29, 1.82) is 0 Å². The van der Waals surface area contributed by atoms with E-state index in [0.29, 0.717) is 6.54 Å². The maximum atomic E-state index is 12.5. The minimum atomic E-state index is -0.478. The van der Waals surface area contributed by atoms with Crippen molar-refractivity contribution in [2.75, 3.05) is 0 Å². The zero-order valence-electron chi connectivity index (χ0n) is 15.0. The summed E-state index contributed by atoms with van der Waals surface area (Å²) in [5, 5.41) is 4.23. The standard InChI is InChI=1S/C19H25N3O2/c1-13-8-14-6-7-15(17-10-20-21(5)11-17)9-16(14)12-22(13)18(23)24-19(2,3)4/h6-7,9-11,13H,8,12H2,1-5H3. The van der Waals surface area contributed by atoms with E-state index in [1.165, 1.54) is 11.1 Å². The first kappa shape index (κ1) is 16.6. The van der Waals surface area contributed by atoms with Gasteiger partial charge < -0.3 is 9.64 Å². The molecule has 1 atom stereocenters. The van der Waals surface area contributed by atoms with E-state index in [0.717, 1.165) is 17.5 Å². The van der Waals surface area contributed by atoms with Gasteiger partial charge in [0.2, 0.25) is 0 Å². The summed E-state index contributed by atoms with van der Waals surface area (Å²) in [6, 6.07) is 6.60. The average Bonchev–Trinajstić information content (AvgIpc) is 2.91. The number of rotatable bonds is 1. The van der Waals surface area contributed by atoms with E-state index in [1.807, 2.05) is 45.1 Å². The van der Waals surface area contributed by atoms with Gasteiger partial charge in [-0.25, -0.2) is 4.79 Å². The van der Waals surface area contributed by atoms with Crippen LogP contribution < -0.4 is 0 Å². The lowest BCUT2D eigenvalue weighted by molar-refractivity contribution is 0.0138. The second-order valence-corrected chi connectivity index (χ2v) is 7.55. The van der Waals surface area contributed by atoms with Crippen LogP contribution in [0.25, 0.3) is 11.1 Å². The summed E-state index contributed by atoms with van der Waals surface area (Å²) in [6.45, 7) is 8.34. The molecule has 1 aromatic heterocycles. The van der Waals surface area contributed by atoms with Gasteiger partial charge in [-0.1, -0.05) is 12.1 Å². The number of aromatic nitrogens is 2. The van der Waals surface area contributed by atoms with Crippen LogP contribution in [-0.4, -0.2) is 32.4 Å². The molecule has 5 heteroatoms. The fourth-order valence-corrected chi connectivity index (χ4v) is 3.05. The molecule has 3 rings (SSSR count). The Bertz CT molecular complexity index is 758. The number of aryl methyl sites for hydroxylation is 1. The summed E-state index contributed by atoms with van der Waals surface area (Å²) in [7, 11) is 1.91. The third kappa shape index (κ3) is 3.45. The van der Waals surface area contributed by atoms with Crippen LogP contribution >= 0.6 is 0 Å². The number of carbonyl (C=O) groups is 1. The molecule has 128 valence electrons. The second-order valence-electron chi connectivity index (χ2n) is 7.55. The van der Waals surface area contributed by atoms with E-state index < -0.39 is 5.60 Å².